The number of halogens is 2. The van der Waals surface area contributed by atoms with Crippen molar-refractivity contribution in [3.63, 3.8) is 0 Å². The number of hydrogen-bond donors (Lipinski definition) is 2. The average molecular weight is 518 g/mol. The van der Waals surface area contributed by atoms with Gasteiger partial charge in [0.1, 0.15) is 18.4 Å². The molecule has 1 aliphatic heterocycles. The van der Waals surface area contributed by atoms with E-state index in [2.05, 4.69) is 17.1 Å². The third-order valence-corrected chi connectivity index (χ3v) is 6.31. The number of ether oxygens (including phenoxy) is 3. The summed E-state index contributed by atoms with van der Waals surface area (Å²) in [5.41, 5.74) is 3.14. The van der Waals surface area contributed by atoms with Crippen LogP contribution in [0.15, 0.2) is 36.4 Å². The van der Waals surface area contributed by atoms with Crippen LogP contribution >= 0.6 is 0 Å². The zero-order valence-electron chi connectivity index (χ0n) is 21.1. The molecule has 0 amide bonds. The topological polar surface area (TPSA) is 104 Å². The van der Waals surface area contributed by atoms with Crippen LogP contribution in [-0.2, 0) is 14.3 Å². The predicted molar refractivity (Wildman–Crippen MR) is 136 cm³/mol. The molecule has 2 N–H and O–H groups in total. The molecular formula is C27H33F2N3O5. The van der Waals surface area contributed by atoms with E-state index in [1.807, 2.05) is 24.3 Å². The van der Waals surface area contributed by atoms with Gasteiger partial charge in [0.2, 0.25) is 0 Å². The van der Waals surface area contributed by atoms with Crippen molar-refractivity contribution in [1.29, 1.82) is 5.26 Å². The van der Waals surface area contributed by atoms with E-state index < -0.39 is 19.0 Å². The SMILES string of the molecule is CCN(c1ccc([C@@H](COC)CC(=O)O)cc1Nc1ccc(C#N)c(OCC(F)F)c1)C1CCOCC1. The summed E-state index contributed by atoms with van der Waals surface area (Å²) in [6.07, 6.45) is -1.01. The highest BCUT2D eigenvalue weighted by Crippen LogP contribution is 2.36. The van der Waals surface area contributed by atoms with Crippen LogP contribution in [0.5, 0.6) is 5.75 Å². The van der Waals surface area contributed by atoms with E-state index in [9.17, 15) is 23.9 Å². The third-order valence-electron chi connectivity index (χ3n) is 6.31. The summed E-state index contributed by atoms with van der Waals surface area (Å²) >= 11 is 0. The van der Waals surface area contributed by atoms with Gasteiger partial charge >= 0.3 is 5.97 Å². The summed E-state index contributed by atoms with van der Waals surface area (Å²) in [6.45, 7) is 3.59. The first kappa shape index (κ1) is 28.2. The van der Waals surface area contributed by atoms with Crippen LogP contribution in [0, 0.1) is 11.3 Å². The molecule has 0 aliphatic carbocycles. The Balaban J connectivity index is 2.03. The molecule has 37 heavy (non-hydrogen) atoms. The molecule has 3 rings (SSSR count). The minimum atomic E-state index is -2.67. The molecule has 1 heterocycles. The second-order valence-electron chi connectivity index (χ2n) is 8.81. The number of nitrogens with zero attached hydrogens (tertiary/aromatic N) is 2. The number of methoxy groups -OCH3 is 1. The number of carboxylic acid groups (broad SMARTS) is 1. The summed E-state index contributed by atoms with van der Waals surface area (Å²) in [7, 11) is 1.53. The van der Waals surface area contributed by atoms with Crippen LogP contribution < -0.4 is 15.0 Å². The standard InChI is InChI=1S/C27H33F2N3O5/c1-3-32(22-8-10-36-11-9-22)24-7-5-18(20(16-35-2)13-27(33)34)12-23(24)31-21-6-4-19(15-30)25(14-21)37-17-26(28)29/h4-7,12,14,20,22,26,31H,3,8-11,13,16-17H2,1-2H3,(H,33,34)/t20-/m1/s1. The number of benzene rings is 2. The summed E-state index contributed by atoms with van der Waals surface area (Å²) in [6, 6.07) is 12.7. The predicted octanol–water partition coefficient (Wildman–Crippen LogP) is 5.16. The van der Waals surface area contributed by atoms with E-state index >= 15 is 0 Å². The number of rotatable bonds is 13. The summed E-state index contributed by atoms with van der Waals surface area (Å²) in [4.78, 5) is 13.8. The van der Waals surface area contributed by atoms with Gasteiger partial charge in [0, 0.05) is 50.6 Å². The Morgan fingerprint density at radius 3 is 2.62 bits per heavy atom. The van der Waals surface area contributed by atoms with Gasteiger partial charge in [-0.1, -0.05) is 6.07 Å². The number of carboxylic acids is 1. The highest BCUT2D eigenvalue weighted by molar-refractivity contribution is 5.78. The summed E-state index contributed by atoms with van der Waals surface area (Å²) in [5, 5.41) is 22.1. The molecule has 1 saturated heterocycles. The van der Waals surface area contributed by atoms with Gasteiger partial charge in [-0.15, -0.1) is 0 Å². The minimum absolute atomic E-state index is 0.0606. The second-order valence-corrected chi connectivity index (χ2v) is 8.81. The lowest BCUT2D eigenvalue weighted by Crippen LogP contribution is -2.39. The first-order valence-electron chi connectivity index (χ1n) is 12.3. The van der Waals surface area contributed by atoms with Gasteiger partial charge < -0.3 is 29.5 Å². The van der Waals surface area contributed by atoms with Crippen molar-refractivity contribution in [2.24, 2.45) is 0 Å². The number of anilines is 3. The number of carbonyl (C=O) groups is 1. The molecule has 0 radical (unpaired) electrons. The Morgan fingerprint density at radius 1 is 1.24 bits per heavy atom. The average Bonchev–Trinajstić information content (AvgIpc) is 2.89. The summed E-state index contributed by atoms with van der Waals surface area (Å²) in [5.74, 6) is -1.22. The van der Waals surface area contributed by atoms with Gasteiger partial charge in [-0.3, -0.25) is 4.79 Å². The van der Waals surface area contributed by atoms with Crippen molar-refractivity contribution in [2.45, 2.75) is 44.6 Å². The van der Waals surface area contributed by atoms with Crippen LogP contribution in [0.4, 0.5) is 25.8 Å². The van der Waals surface area contributed by atoms with Gasteiger partial charge in [-0.05, 0) is 49.6 Å². The van der Waals surface area contributed by atoms with Crippen LogP contribution in [0.25, 0.3) is 0 Å². The maximum Gasteiger partial charge on any atom is 0.304 e. The Labute approximate surface area is 215 Å². The molecule has 1 aliphatic rings. The van der Waals surface area contributed by atoms with Crippen LogP contribution in [-0.4, -0.2) is 63.6 Å². The van der Waals surface area contributed by atoms with E-state index in [0.717, 1.165) is 36.3 Å². The molecule has 10 heteroatoms. The van der Waals surface area contributed by atoms with Gasteiger partial charge in [0.15, 0.2) is 0 Å². The molecule has 8 nitrogen and oxygen atoms in total. The smallest absolute Gasteiger partial charge is 0.304 e. The van der Waals surface area contributed by atoms with Gasteiger partial charge in [0.05, 0.1) is 30.0 Å². The minimum Gasteiger partial charge on any atom is -0.486 e. The summed E-state index contributed by atoms with van der Waals surface area (Å²) < 4.78 is 41.5. The van der Waals surface area contributed by atoms with Crippen LogP contribution in [0.2, 0.25) is 0 Å². The number of alkyl halides is 2. The molecule has 1 fully saturated rings. The molecule has 200 valence electrons. The maximum absolute atomic E-state index is 12.7. The van der Waals surface area contributed by atoms with Crippen molar-refractivity contribution in [3.05, 3.63) is 47.5 Å². The van der Waals surface area contributed by atoms with Crippen molar-refractivity contribution < 1.29 is 32.9 Å². The van der Waals surface area contributed by atoms with Crippen LogP contribution in [0.3, 0.4) is 0 Å². The normalized spacial score (nSPS) is 14.7. The fourth-order valence-electron chi connectivity index (χ4n) is 4.59. The lowest BCUT2D eigenvalue weighted by molar-refractivity contribution is -0.137. The lowest BCUT2D eigenvalue weighted by Gasteiger charge is -2.37. The highest BCUT2D eigenvalue weighted by Gasteiger charge is 2.24. The first-order valence-corrected chi connectivity index (χ1v) is 12.3. The Morgan fingerprint density at radius 2 is 2.00 bits per heavy atom. The first-order chi connectivity index (χ1) is 17.9. The van der Waals surface area contributed by atoms with Crippen molar-refractivity contribution >= 4 is 23.0 Å². The van der Waals surface area contributed by atoms with Crippen molar-refractivity contribution in [2.75, 3.05) is 50.3 Å². The number of nitriles is 1. The number of aliphatic carboxylic acids is 1. The van der Waals surface area contributed by atoms with Crippen molar-refractivity contribution in [1.82, 2.24) is 0 Å². The maximum atomic E-state index is 12.7. The van der Waals surface area contributed by atoms with E-state index in [1.54, 1.807) is 6.07 Å². The van der Waals surface area contributed by atoms with Gasteiger partial charge in [0.25, 0.3) is 6.43 Å². The zero-order valence-corrected chi connectivity index (χ0v) is 21.1. The molecule has 0 spiro atoms. The Hall–Kier alpha value is -3.42. The molecular weight excluding hydrogens is 484 g/mol. The number of nitrogens with one attached hydrogen (secondary N) is 1. The van der Waals surface area contributed by atoms with Crippen molar-refractivity contribution in [3.8, 4) is 11.8 Å². The van der Waals surface area contributed by atoms with E-state index in [4.69, 9.17) is 14.2 Å². The second kappa shape index (κ2) is 13.8. The quantitative estimate of drug-likeness (QED) is 0.376. The molecule has 2 aromatic carbocycles. The fourth-order valence-corrected chi connectivity index (χ4v) is 4.59. The monoisotopic (exact) mass is 517 g/mol. The molecule has 2 aromatic rings. The van der Waals surface area contributed by atoms with E-state index in [0.29, 0.717) is 18.9 Å². The molecule has 1 atom stereocenters. The highest BCUT2D eigenvalue weighted by atomic mass is 19.3. The molecule has 0 aromatic heterocycles. The zero-order chi connectivity index (χ0) is 26.8. The van der Waals surface area contributed by atoms with Crippen LogP contribution in [0.1, 0.15) is 43.2 Å². The Kier molecular flexibility index (Phi) is 10.5. The van der Waals surface area contributed by atoms with Gasteiger partial charge in [-0.2, -0.15) is 5.26 Å². The van der Waals surface area contributed by atoms with Gasteiger partial charge in [-0.25, -0.2) is 8.78 Å². The van der Waals surface area contributed by atoms with E-state index in [1.165, 1.54) is 19.2 Å². The van der Waals surface area contributed by atoms with E-state index in [-0.39, 0.29) is 36.3 Å². The fraction of sp³-hybridized carbons (Fsp3) is 0.481. The molecule has 0 unspecified atom stereocenters. The third kappa shape index (κ3) is 7.78. The molecule has 0 bridgehead atoms. The molecule has 0 saturated carbocycles. The number of hydrogen-bond acceptors (Lipinski definition) is 7. The largest absolute Gasteiger partial charge is 0.486 e. The Bertz CT molecular complexity index is 1090. The lowest BCUT2D eigenvalue weighted by atomic mass is 9.94.